The second kappa shape index (κ2) is 8.32. The number of hydrogen-bond acceptors (Lipinski definition) is 6. The molecule has 9 heteroatoms. The molecule has 0 atom stereocenters. The van der Waals surface area contributed by atoms with Gasteiger partial charge in [-0.25, -0.2) is 9.78 Å². The first kappa shape index (κ1) is 21.1. The molecule has 1 saturated carbocycles. The average molecular weight is 464 g/mol. The molecule has 1 heterocycles. The summed E-state index contributed by atoms with van der Waals surface area (Å²) in [4.78, 5) is 40.2. The van der Waals surface area contributed by atoms with Crippen molar-refractivity contribution in [3.8, 4) is 11.1 Å². The van der Waals surface area contributed by atoms with E-state index in [2.05, 4.69) is 27.8 Å². The highest BCUT2D eigenvalue weighted by molar-refractivity contribution is 7.17. The first-order valence-electron chi connectivity index (χ1n) is 10.6. The van der Waals surface area contributed by atoms with Gasteiger partial charge in [-0.3, -0.25) is 14.9 Å². The molecule has 5 rings (SSSR count). The molecule has 2 aliphatic rings. The molecule has 33 heavy (non-hydrogen) atoms. The Kier molecular flexibility index (Phi) is 5.33. The number of rotatable bonds is 7. The van der Waals surface area contributed by atoms with Gasteiger partial charge in [0.05, 0.1) is 18.2 Å². The molecule has 0 unspecified atom stereocenters. The molecule has 2 amide bonds. The third-order valence-corrected chi connectivity index (χ3v) is 6.92. The number of anilines is 1. The highest BCUT2D eigenvalue weighted by Crippen LogP contribution is 2.44. The number of hydrogen-bond donors (Lipinski definition) is 3. The zero-order valence-electron chi connectivity index (χ0n) is 17.5. The second-order valence-corrected chi connectivity index (χ2v) is 9.32. The Morgan fingerprint density at radius 3 is 2.30 bits per heavy atom. The molecule has 0 bridgehead atoms. The molecule has 8 nitrogen and oxygen atoms in total. The van der Waals surface area contributed by atoms with Crippen LogP contribution in [0, 0.1) is 0 Å². The van der Waals surface area contributed by atoms with Gasteiger partial charge in [-0.2, -0.15) is 0 Å². The lowest BCUT2D eigenvalue weighted by Gasteiger charge is -2.14. The number of carboxylic acids is 1. The summed E-state index contributed by atoms with van der Waals surface area (Å²) in [7, 11) is 0. The quantitative estimate of drug-likeness (QED) is 0.482. The number of amides is 2. The van der Waals surface area contributed by atoms with Crippen molar-refractivity contribution in [2.24, 2.45) is 0 Å². The van der Waals surface area contributed by atoms with Crippen molar-refractivity contribution in [1.82, 2.24) is 10.3 Å². The Balaban J connectivity index is 1.19. The van der Waals surface area contributed by atoms with E-state index >= 15 is 0 Å². The van der Waals surface area contributed by atoms with Gasteiger partial charge in [0.15, 0.2) is 5.13 Å². The molecule has 168 valence electrons. The van der Waals surface area contributed by atoms with Gasteiger partial charge in [0, 0.05) is 5.92 Å². The normalized spacial score (nSPS) is 15.3. The van der Waals surface area contributed by atoms with Crippen LogP contribution in [0.1, 0.15) is 46.0 Å². The van der Waals surface area contributed by atoms with Gasteiger partial charge in [0.25, 0.3) is 5.91 Å². The number of carbonyl (C=O) groups is 3. The van der Waals surface area contributed by atoms with E-state index in [9.17, 15) is 14.4 Å². The molecule has 1 aromatic heterocycles. The van der Waals surface area contributed by atoms with Gasteiger partial charge in [0.2, 0.25) is 0 Å². The second-order valence-electron chi connectivity index (χ2n) is 8.29. The Morgan fingerprint density at radius 2 is 1.70 bits per heavy atom. The highest BCUT2D eigenvalue weighted by Gasteiger charge is 2.46. The fraction of sp³-hybridized carbons (Fsp3) is 0.250. The van der Waals surface area contributed by atoms with Crippen LogP contribution in [0.5, 0.6) is 0 Å². The summed E-state index contributed by atoms with van der Waals surface area (Å²) in [6.07, 6.45) is 1.87. The zero-order chi connectivity index (χ0) is 23.0. The summed E-state index contributed by atoms with van der Waals surface area (Å²) < 4.78 is 5.50. The molecule has 2 aliphatic carbocycles. The lowest BCUT2D eigenvalue weighted by molar-refractivity contribution is -0.137. The predicted molar refractivity (Wildman–Crippen MR) is 122 cm³/mol. The van der Waals surface area contributed by atoms with Gasteiger partial charge in [0.1, 0.15) is 11.5 Å². The van der Waals surface area contributed by atoms with Crippen LogP contribution in [-0.2, 0) is 9.53 Å². The van der Waals surface area contributed by atoms with E-state index in [0.717, 1.165) is 33.6 Å². The third-order valence-electron chi connectivity index (χ3n) is 6.00. The number of thiazole rings is 1. The summed E-state index contributed by atoms with van der Waals surface area (Å²) >= 11 is 1.01. The summed E-state index contributed by atoms with van der Waals surface area (Å²) in [5, 5.41) is 14.6. The van der Waals surface area contributed by atoms with Gasteiger partial charge < -0.3 is 15.2 Å². The third kappa shape index (κ3) is 4.31. The number of fused-ring (bicyclic) bond motifs is 3. The maximum atomic E-state index is 12.4. The van der Waals surface area contributed by atoms with Crippen LogP contribution in [0.4, 0.5) is 9.93 Å². The summed E-state index contributed by atoms with van der Waals surface area (Å²) in [5.41, 5.74) is 3.86. The predicted octanol–water partition coefficient (Wildman–Crippen LogP) is 4.24. The van der Waals surface area contributed by atoms with Crippen LogP contribution in [0.2, 0.25) is 0 Å². The Labute approximate surface area is 193 Å². The Hall–Kier alpha value is -3.72. The van der Waals surface area contributed by atoms with Crippen molar-refractivity contribution in [2.75, 3.05) is 11.9 Å². The number of benzene rings is 2. The summed E-state index contributed by atoms with van der Waals surface area (Å²) in [6.45, 7) is 0.177. The number of carboxylic acid groups (broad SMARTS) is 1. The van der Waals surface area contributed by atoms with Crippen LogP contribution >= 0.6 is 11.3 Å². The van der Waals surface area contributed by atoms with Gasteiger partial charge in [-0.1, -0.05) is 59.9 Å². The smallest absolute Gasteiger partial charge is 0.413 e. The van der Waals surface area contributed by atoms with Crippen molar-refractivity contribution in [3.05, 3.63) is 70.7 Å². The van der Waals surface area contributed by atoms with Crippen molar-refractivity contribution < 1.29 is 24.2 Å². The molecule has 2 aromatic carbocycles. The molecule has 1 fully saturated rings. The number of aliphatic carboxylic acids is 1. The maximum Gasteiger partial charge on any atom is 0.413 e. The van der Waals surface area contributed by atoms with Crippen LogP contribution < -0.4 is 10.6 Å². The lowest BCUT2D eigenvalue weighted by Crippen LogP contribution is -2.38. The minimum atomic E-state index is -0.949. The van der Waals surface area contributed by atoms with E-state index in [-0.39, 0.29) is 24.1 Å². The minimum absolute atomic E-state index is 0.0512. The average Bonchev–Trinajstić information content (AvgIpc) is 3.24. The molecule has 3 aromatic rings. The van der Waals surface area contributed by atoms with Gasteiger partial charge >= 0.3 is 12.1 Å². The number of nitrogens with zero attached hydrogens (tertiary/aromatic N) is 1. The topological polar surface area (TPSA) is 118 Å². The standard InChI is InChI=1S/C24H21N3O5S/c28-20(29)11-24(9-10-24)27-21(30)19-12-25-22(33-19)26-23(31)32-13-18-16-7-3-1-5-14(16)15-6-2-4-8-17(15)18/h1-8,12,18H,9-11,13H2,(H,27,30)(H,28,29)(H,25,26,31). The van der Waals surface area contributed by atoms with E-state index in [1.807, 2.05) is 36.4 Å². The fourth-order valence-corrected chi connectivity index (χ4v) is 4.94. The molecular weight excluding hydrogens is 442 g/mol. The van der Waals surface area contributed by atoms with Crippen LogP contribution in [0.15, 0.2) is 54.7 Å². The fourth-order valence-electron chi connectivity index (χ4n) is 4.25. The first-order chi connectivity index (χ1) is 15.9. The van der Waals surface area contributed by atoms with Crippen molar-refractivity contribution >= 4 is 34.4 Å². The molecular formula is C24H21N3O5S. The van der Waals surface area contributed by atoms with E-state index in [1.54, 1.807) is 0 Å². The van der Waals surface area contributed by atoms with Crippen molar-refractivity contribution in [3.63, 3.8) is 0 Å². The first-order valence-corrected chi connectivity index (χ1v) is 11.4. The van der Waals surface area contributed by atoms with Crippen LogP contribution in [0.3, 0.4) is 0 Å². The minimum Gasteiger partial charge on any atom is -0.481 e. The molecule has 0 radical (unpaired) electrons. The van der Waals surface area contributed by atoms with E-state index in [4.69, 9.17) is 9.84 Å². The van der Waals surface area contributed by atoms with E-state index in [0.29, 0.717) is 17.7 Å². The van der Waals surface area contributed by atoms with Crippen molar-refractivity contribution in [1.29, 1.82) is 0 Å². The van der Waals surface area contributed by atoms with Crippen LogP contribution in [-0.4, -0.2) is 40.2 Å². The van der Waals surface area contributed by atoms with Crippen LogP contribution in [0.25, 0.3) is 11.1 Å². The Morgan fingerprint density at radius 1 is 1.06 bits per heavy atom. The molecule has 3 N–H and O–H groups in total. The number of ether oxygens (including phenoxy) is 1. The zero-order valence-corrected chi connectivity index (χ0v) is 18.4. The largest absolute Gasteiger partial charge is 0.481 e. The summed E-state index contributed by atoms with van der Waals surface area (Å²) in [5.74, 6) is -1.40. The van der Waals surface area contributed by atoms with E-state index in [1.165, 1.54) is 6.20 Å². The van der Waals surface area contributed by atoms with Gasteiger partial charge in [-0.15, -0.1) is 0 Å². The molecule has 0 spiro atoms. The Bertz CT molecular complexity index is 1200. The van der Waals surface area contributed by atoms with Gasteiger partial charge in [-0.05, 0) is 35.1 Å². The molecule has 0 aliphatic heterocycles. The van der Waals surface area contributed by atoms with E-state index < -0.39 is 23.5 Å². The molecule has 0 saturated heterocycles. The summed E-state index contributed by atoms with van der Waals surface area (Å²) in [6, 6.07) is 16.2. The highest BCUT2D eigenvalue weighted by atomic mass is 32.1. The lowest BCUT2D eigenvalue weighted by atomic mass is 9.98. The number of nitrogens with one attached hydrogen (secondary N) is 2. The maximum absolute atomic E-state index is 12.4. The number of carbonyl (C=O) groups excluding carboxylic acids is 2. The monoisotopic (exact) mass is 463 g/mol. The number of aromatic nitrogens is 1. The SMILES string of the molecule is O=C(O)CC1(NC(=O)c2cnc(NC(=O)OCC3c4ccccc4-c4ccccc43)s2)CC1. The van der Waals surface area contributed by atoms with Crippen molar-refractivity contribution in [2.45, 2.75) is 30.7 Å².